The summed E-state index contributed by atoms with van der Waals surface area (Å²) in [5.41, 5.74) is 0.0141. The second kappa shape index (κ2) is 7.74. The third kappa shape index (κ3) is 3.82. The number of aryl methyl sites for hydroxylation is 1. The number of nitrogens with one attached hydrogen (secondary N) is 2. The van der Waals surface area contributed by atoms with Gasteiger partial charge < -0.3 is 10.6 Å². The average Bonchev–Trinajstić information content (AvgIpc) is 2.70. The smallest absolute Gasteiger partial charge is 0.341 e. The van der Waals surface area contributed by atoms with Crippen LogP contribution in [0.5, 0.6) is 0 Å². The highest BCUT2D eigenvalue weighted by Gasteiger charge is 2.35. The molecule has 0 saturated heterocycles. The van der Waals surface area contributed by atoms with Crippen LogP contribution in [0.3, 0.4) is 0 Å². The van der Waals surface area contributed by atoms with Gasteiger partial charge in [-0.15, -0.1) is 0 Å². The third-order valence-electron chi connectivity index (χ3n) is 4.26. The van der Waals surface area contributed by atoms with Gasteiger partial charge in [-0.2, -0.15) is 13.2 Å². The first kappa shape index (κ1) is 20.1. The van der Waals surface area contributed by atoms with Crippen LogP contribution in [-0.2, 0) is 11.0 Å². The first-order chi connectivity index (χ1) is 13.8. The molecule has 3 rings (SSSR count). The number of halogens is 3. The second-order valence-corrected chi connectivity index (χ2v) is 6.06. The number of para-hydroxylation sites is 1. The number of carbonyl (C=O) groups excluding carboxylic acids is 2. The molecule has 29 heavy (non-hydrogen) atoms. The van der Waals surface area contributed by atoms with Gasteiger partial charge in [0.25, 0.3) is 0 Å². The van der Waals surface area contributed by atoms with Crippen LogP contribution in [0, 0.1) is 6.92 Å². The zero-order valence-electron chi connectivity index (χ0n) is 15.4. The molecule has 3 amide bonds. The van der Waals surface area contributed by atoms with Crippen molar-refractivity contribution in [3.63, 3.8) is 0 Å². The molecule has 10 heteroatoms. The number of pyridine rings is 2. The van der Waals surface area contributed by atoms with Crippen molar-refractivity contribution >= 4 is 40.4 Å². The van der Waals surface area contributed by atoms with Gasteiger partial charge in [0.2, 0.25) is 6.41 Å². The summed E-state index contributed by atoms with van der Waals surface area (Å²) in [5.74, 6) is 0. The Balaban J connectivity index is 2.24. The van der Waals surface area contributed by atoms with Gasteiger partial charge >= 0.3 is 12.2 Å². The van der Waals surface area contributed by atoms with Crippen LogP contribution in [0.1, 0.15) is 11.1 Å². The van der Waals surface area contributed by atoms with E-state index in [-0.39, 0.29) is 17.6 Å². The maximum Gasteiger partial charge on any atom is 0.418 e. The lowest BCUT2D eigenvalue weighted by Gasteiger charge is -2.23. The van der Waals surface area contributed by atoms with Crippen molar-refractivity contribution in [1.82, 2.24) is 15.3 Å². The normalized spacial score (nSPS) is 11.2. The van der Waals surface area contributed by atoms with Crippen LogP contribution < -0.4 is 15.5 Å². The van der Waals surface area contributed by atoms with Crippen LogP contribution in [0.25, 0.3) is 10.9 Å². The molecule has 2 aromatic heterocycles. The molecule has 0 aliphatic carbocycles. The maximum atomic E-state index is 13.4. The summed E-state index contributed by atoms with van der Waals surface area (Å²) >= 11 is 0. The van der Waals surface area contributed by atoms with Crippen LogP contribution in [0.2, 0.25) is 0 Å². The van der Waals surface area contributed by atoms with E-state index in [1.807, 2.05) is 0 Å². The molecule has 150 valence electrons. The van der Waals surface area contributed by atoms with Gasteiger partial charge in [0, 0.05) is 24.8 Å². The van der Waals surface area contributed by atoms with E-state index >= 15 is 0 Å². The predicted molar refractivity (Wildman–Crippen MR) is 102 cm³/mol. The molecule has 0 unspecified atom stereocenters. The van der Waals surface area contributed by atoms with E-state index in [1.165, 1.54) is 19.3 Å². The molecule has 2 N–H and O–H groups in total. The molecule has 0 bridgehead atoms. The summed E-state index contributed by atoms with van der Waals surface area (Å²) in [7, 11) is 1.45. The fourth-order valence-corrected chi connectivity index (χ4v) is 2.90. The van der Waals surface area contributed by atoms with E-state index in [0.29, 0.717) is 16.6 Å². The summed E-state index contributed by atoms with van der Waals surface area (Å²) in [6, 6.07) is 5.02. The molecule has 0 fully saturated rings. The minimum Gasteiger partial charge on any atom is -0.341 e. The standard InChI is InChI=1S/C19H16F3N5O2/c1-11-8-25-17-12(16(11)26-18(29)23-2)4-3-5-14(17)27(10-28)15-9-24-7-6-13(15)19(20,21)22/h3-10H,1-2H3,(H2,23,25,26,29). The Morgan fingerprint density at radius 3 is 2.59 bits per heavy atom. The molecular weight excluding hydrogens is 387 g/mol. The number of urea groups is 1. The number of anilines is 3. The maximum absolute atomic E-state index is 13.4. The van der Waals surface area contributed by atoms with E-state index in [1.54, 1.807) is 19.1 Å². The average molecular weight is 403 g/mol. The van der Waals surface area contributed by atoms with E-state index in [0.717, 1.165) is 23.4 Å². The Bertz CT molecular complexity index is 1090. The van der Waals surface area contributed by atoms with Crippen LogP contribution in [0.4, 0.5) is 35.0 Å². The zero-order chi connectivity index (χ0) is 21.2. The van der Waals surface area contributed by atoms with Crippen LogP contribution in [-0.4, -0.2) is 29.5 Å². The number of fused-ring (bicyclic) bond motifs is 1. The highest BCUT2D eigenvalue weighted by Crippen LogP contribution is 2.40. The van der Waals surface area contributed by atoms with Gasteiger partial charge in [-0.1, -0.05) is 12.1 Å². The largest absolute Gasteiger partial charge is 0.418 e. The zero-order valence-corrected chi connectivity index (χ0v) is 15.4. The van der Waals surface area contributed by atoms with Crippen molar-refractivity contribution in [3.05, 3.63) is 54.0 Å². The van der Waals surface area contributed by atoms with Crippen molar-refractivity contribution in [2.75, 3.05) is 17.3 Å². The van der Waals surface area contributed by atoms with Crippen molar-refractivity contribution in [1.29, 1.82) is 0 Å². The van der Waals surface area contributed by atoms with Crippen LogP contribution >= 0.6 is 0 Å². The van der Waals surface area contributed by atoms with Gasteiger partial charge in [-0.3, -0.25) is 19.7 Å². The third-order valence-corrected chi connectivity index (χ3v) is 4.26. The van der Waals surface area contributed by atoms with Crippen molar-refractivity contribution < 1.29 is 22.8 Å². The summed E-state index contributed by atoms with van der Waals surface area (Å²) in [4.78, 5) is 32.5. The van der Waals surface area contributed by atoms with Gasteiger partial charge in [0.05, 0.1) is 34.3 Å². The van der Waals surface area contributed by atoms with E-state index in [9.17, 15) is 22.8 Å². The topological polar surface area (TPSA) is 87.2 Å². The second-order valence-electron chi connectivity index (χ2n) is 6.06. The lowest BCUT2D eigenvalue weighted by Crippen LogP contribution is -2.25. The Morgan fingerprint density at radius 2 is 1.93 bits per heavy atom. The quantitative estimate of drug-likeness (QED) is 0.645. The minimum absolute atomic E-state index is 0.121. The Kier molecular flexibility index (Phi) is 5.35. The Hall–Kier alpha value is -3.69. The summed E-state index contributed by atoms with van der Waals surface area (Å²) < 4.78 is 40.3. The fraction of sp³-hybridized carbons (Fsp3) is 0.158. The van der Waals surface area contributed by atoms with Crippen molar-refractivity contribution in [2.24, 2.45) is 0 Å². The lowest BCUT2D eigenvalue weighted by molar-refractivity contribution is -0.137. The monoisotopic (exact) mass is 403 g/mol. The molecule has 7 nitrogen and oxygen atoms in total. The van der Waals surface area contributed by atoms with Gasteiger partial charge in [-0.05, 0) is 24.6 Å². The highest BCUT2D eigenvalue weighted by molar-refractivity contribution is 6.08. The number of carbonyl (C=O) groups is 2. The SMILES string of the molecule is CNC(=O)Nc1c(C)cnc2c(N(C=O)c3cnccc3C(F)(F)F)cccc12. The molecule has 0 radical (unpaired) electrons. The number of hydrogen-bond donors (Lipinski definition) is 2. The van der Waals surface area contributed by atoms with E-state index in [4.69, 9.17) is 0 Å². The molecule has 2 heterocycles. The first-order valence-electron chi connectivity index (χ1n) is 8.40. The number of hydrogen-bond acceptors (Lipinski definition) is 4. The van der Waals surface area contributed by atoms with Crippen LogP contribution in [0.15, 0.2) is 42.9 Å². The summed E-state index contributed by atoms with van der Waals surface area (Å²) in [6.45, 7) is 1.73. The predicted octanol–water partition coefficient (Wildman–Crippen LogP) is 4.00. The number of aromatic nitrogens is 2. The van der Waals surface area contributed by atoms with Crippen molar-refractivity contribution in [3.8, 4) is 0 Å². The summed E-state index contributed by atoms with van der Waals surface area (Å²) in [5, 5.41) is 5.57. The molecule has 0 atom stereocenters. The molecule has 1 aromatic carbocycles. The fourth-order valence-electron chi connectivity index (χ4n) is 2.90. The van der Waals surface area contributed by atoms with Gasteiger partial charge in [0.1, 0.15) is 0 Å². The highest BCUT2D eigenvalue weighted by atomic mass is 19.4. The van der Waals surface area contributed by atoms with E-state index in [2.05, 4.69) is 20.6 Å². The number of nitrogens with zero attached hydrogens (tertiary/aromatic N) is 3. The number of alkyl halides is 3. The van der Waals surface area contributed by atoms with Gasteiger partial charge in [-0.25, -0.2) is 4.79 Å². The number of rotatable bonds is 4. The molecule has 3 aromatic rings. The van der Waals surface area contributed by atoms with E-state index < -0.39 is 23.5 Å². The number of benzene rings is 1. The number of amides is 3. The molecule has 0 spiro atoms. The minimum atomic E-state index is -4.68. The molecule has 0 saturated carbocycles. The summed E-state index contributed by atoms with van der Waals surface area (Å²) in [6.07, 6.45) is -0.970. The van der Waals surface area contributed by atoms with Gasteiger partial charge in [0.15, 0.2) is 0 Å². The molecule has 0 aliphatic rings. The molecular formula is C19H16F3N5O2. The Labute approximate surface area is 163 Å². The van der Waals surface area contributed by atoms with Crippen molar-refractivity contribution in [2.45, 2.75) is 13.1 Å². The Morgan fingerprint density at radius 1 is 1.17 bits per heavy atom. The molecule has 0 aliphatic heterocycles. The first-order valence-corrected chi connectivity index (χ1v) is 8.40. The lowest BCUT2D eigenvalue weighted by atomic mass is 10.1.